The first-order chi connectivity index (χ1) is 8.51. The lowest BCUT2D eigenvalue weighted by molar-refractivity contribution is -0.126. The third kappa shape index (κ3) is 7.92. The van der Waals surface area contributed by atoms with Crippen LogP contribution in [0.2, 0.25) is 0 Å². The number of nitrogens with one attached hydrogen (secondary N) is 2. The molecule has 4 N–H and O–H groups in total. The topological polar surface area (TPSA) is 101 Å². The van der Waals surface area contributed by atoms with Gasteiger partial charge in [0.2, 0.25) is 5.91 Å². The first kappa shape index (κ1) is 16.7. The molecule has 6 heteroatoms. The molecule has 0 spiro atoms. The standard InChI is InChI=1S/C12H23N3O3/c1-9(17)11(14-2)7-12(18)15-6-4-3-5-10(13)8-16/h8,10-11,14H,3-7,13H2,1-2H3,(H,15,18)/t10-,11-/m0/s1. The van der Waals surface area contributed by atoms with Gasteiger partial charge in [-0.2, -0.15) is 0 Å². The van der Waals surface area contributed by atoms with Gasteiger partial charge in [0.25, 0.3) is 0 Å². The van der Waals surface area contributed by atoms with E-state index in [-0.39, 0.29) is 18.1 Å². The summed E-state index contributed by atoms with van der Waals surface area (Å²) in [7, 11) is 1.65. The number of hydrogen-bond donors (Lipinski definition) is 3. The largest absolute Gasteiger partial charge is 0.356 e. The summed E-state index contributed by atoms with van der Waals surface area (Å²) < 4.78 is 0. The summed E-state index contributed by atoms with van der Waals surface area (Å²) in [5.74, 6) is -0.200. The van der Waals surface area contributed by atoms with E-state index in [1.54, 1.807) is 7.05 Å². The van der Waals surface area contributed by atoms with Gasteiger partial charge in [0.15, 0.2) is 0 Å². The third-order valence-electron chi connectivity index (χ3n) is 2.69. The molecule has 0 unspecified atom stereocenters. The van der Waals surface area contributed by atoms with Crippen LogP contribution in [0.1, 0.15) is 32.6 Å². The molecule has 0 aromatic heterocycles. The van der Waals surface area contributed by atoms with E-state index in [1.165, 1.54) is 6.92 Å². The molecule has 0 radical (unpaired) electrons. The SMILES string of the molecule is CN[C@@H](CC(=O)NCCCC[C@H](N)C=O)C(C)=O. The molecule has 6 nitrogen and oxygen atoms in total. The average Bonchev–Trinajstić information content (AvgIpc) is 2.34. The summed E-state index contributed by atoms with van der Waals surface area (Å²) >= 11 is 0. The van der Waals surface area contributed by atoms with E-state index in [0.29, 0.717) is 13.0 Å². The molecule has 0 saturated carbocycles. The molecule has 0 fully saturated rings. The third-order valence-corrected chi connectivity index (χ3v) is 2.69. The zero-order valence-electron chi connectivity index (χ0n) is 11.1. The molecule has 0 bridgehead atoms. The summed E-state index contributed by atoms with van der Waals surface area (Å²) in [4.78, 5) is 32.9. The van der Waals surface area contributed by atoms with Crippen molar-refractivity contribution in [2.45, 2.75) is 44.7 Å². The molecule has 0 aromatic carbocycles. The van der Waals surface area contributed by atoms with Gasteiger partial charge in [0, 0.05) is 13.0 Å². The number of hydrogen-bond acceptors (Lipinski definition) is 5. The minimum Gasteiger partial charge on any atom is -0.356 e. The number of likely N-dealkylation sites (N-methyl/N-ethyl adjacent to an activating group) is 1. The average molecular weight is 257 g/mol. The van der Waals surface area contributed by atoms with Crippen molar-refractivity contribution in [3.05, 3.63) is 0 Å². The van der Waals surface area contributed by atoms with Crippen LogP contribution in [0.15, 0.2) is 0 Å². The molecule has 0 heterocycles. The monoisotopic (exact) mass is 257 g/mol. The number of carbonyl (C=O) groups excluding carboxylic acids is 3. The molecule has 0 aliphatic carbocycles. The van der Waals surface area contributed by atoms with Gasteiger partial charge in [-0.15, -0.1) is 0 Å². The fourth-order valence-corrected chi connectivity index (χ4v) is 1.51. The smallest absolute Gasteiger partial charge is 0.222 e. The highest BCUT2D eigenvalue weighted by molar-refractivity contribution is 5.88. The molecule has 0 aliphatic heterocycles. The lowest BCUT2D eigenvalue weighted by Crippen LogP contribution is -2.38. The maximum absolute atomic E-state index is 11.5. The van der Waals surface area contributed by atoms with E-state index in [9.17, 15) is 14.4 Å². The second-order valence-corrected chi connectivity index (χ2v) is 4.30. The Balaban J connectivity index is 3.65. The van der Waals surface area contributed by atoms with Gasteiger partial charge in [-0.25, -0.2) is 0 Å². The summed E-state index contributed by atoms with van der Waals surface area (Å²) in [5.41, 5.74) is 5.43. The van der Waals surface area contributed by atoms with E-state index < -0.39 is 12.1 Å². The summed E-state index contributed by atoms with van der Waals surface area (Å²) in [6.07, 6.45) is 3.08. The normalized spacial score (nSPS) is 13.7. The second-order valence-electron chi connectivity index (χ2n) is 4.30. The Morgan fingerprint density at radius 1 is 1.33 bits per heavy atom. The zero-order valence-corrected chi connectivity index (χ0v) is 11.1. The van der Waals surface area contributed by atoms with Crippen LogP contribution >= 0.6 is 0 Å². The van der Waals surface area contributed by atoms with Crippen LogP contribution in [0.25, 0.3) is 0 Å². The number of amides is 1. The second kappa shape index (κ2) is 9.73. The van der Waals surface area contributed by atoms with Crippen molar-refractivity contribution in [3.8, 4) is 0 Å². The quantitative estimate of drug-likeness (QED) is 0.357. The Bertz CT molecular complexity index is 282. The van der Waals surface area contributed by atoms with Gasteiger partial charge in [-0.3, -0.25) is 9.59 Å². The summed E-state index contributed by atoms with van der Waals surface area (Å²) in [5, 5.41) is 5.52. The fourth-order valence-electron chi connectivity index (χ4n) is 1.51. The Hall–Kier alpha value is -1.27. The van der Waals surface area contributed by atoms with Gasteiger partial charge < -0.3 is 21.2 Å². The first-order valence-corrected chi connectivity index (χ1v) is 6.16. The van der Waals surface area contributed by atoms with Crippen LogP contribution in [-0.4, -0.2) is 43.7 Å². The van der Waals surface area contributed by atoms with E-state index in [2.05, 4.69) is 10.6 Å². The van der Waals surface area contributed by atoms with E-state index >= 15 is 0 Å². The van der Waals surface area contributed by atoms with Crippen LogP contribution in [0.5, 0.6) is 0 Å². The lowest BCUT2D eigenvalue weighted by Gasteiger charge is -2.12. The molecule has 0 rings (SSSR count). The highest BCUT2D eigenvalue weighted by Crippen LogP contribution is 1.97. The first-order valence-electron chi connectivity index (χ1n) is 6.16. The molecule has 2 atom stereocenters. The number of rotatable bonds is 10. The number of aldehydes is 1. The maximum atomic E-state index is 11.5. The van der Waals surface area contributed by atoms with Gasteiger partial charge in [0.05, 0.1) is 12.1 Å². The highest BCUT2D eigenvalue weighted by atomic mass is 16.2. The molecule has 0 aromatic rings. The highest BCUT2D eigenvalue weighted by Gasteiger charge is 2.15. The van der Waals surface area contributed by atoms with E-state index in [0.717, 1.165) is 19.1 Å². The molecule has 1 amide bonds. The van der Waals surface area contributed by atoms with Crippen molar-refractivity contribution >= 4 is 18.0 Å². The number of nitrogens with two attached hydrogens (primary N) is 1. The van der Waals surface area contributed by atoms with Crippen LogP contribution < -0.4 is 16.4 Å². The summed E-state index contributed by atoms with van der Waals surface area (Å²) in [6.45, 7) is 1.99. The number of Topliss-reactive ketones (excluding diaryl/α,β-unsaturated/α-hetero) is 1. The van der Waals surface area contributed by atoms with Crippen molar-refractivity contribution in [1.29, 1.82) is 0 Å². The lowest BCUT2D eigenvalue weighted by atomic mass is 10.1. The Kier molecular flexibility index (Phi) is 9.04. The van der Waals surface area contributed by atoms with Crippen molar-refractivity contribution in [1.82, 2.24) is 10.6 Å². The summed E-state index contributed by atoms with van der Waals surface area (Å²) in [6, 6.07) is -0.833. The van der Waals surface area contributed by atoms with Gasteiger partial charge in [-0.05, 0) is 33.2 Å². The number of carbonyl (C=O) groups is 3. The van der Waals surface area contributed by atoms with Gasteiger partial charge in [0.1, 0.15) is 12.1 Å². The maximum Gasteiger partial charge on any atom is 0.222 e. The van der Waals surface area contributed by atoms with Gasteiger partial charge >= 0.3 is 0 Å². The Morgan fingerprint density at radius 3 is 2.50 bits per heavy atom. The Morgan fingerprint density at radius 2 is 2.00 bits per heavy atom. The van der Waals surface area contributed by atoms with Gasteiger partial charge in [-0.1, -0.05) is 0 Å². The number of ketones is 1. The molecule has 104 valence electrons. The minimum absolute atomic E-state index is 0.0513. The Labute approximate surface area is 108 Å². The molecule has 0 aliphatic rings. The minimum atomic E-state index is -0.423. The van der Waals surface area contributed by atoms with E-state index in [1.807, 2.05) is 0 Å². The van der Waals surface area contributed by atoms with E-state index in [4.69, 9.17) is 5.73 Å². The van der Waals surface area contributed by atoms with Crippen LogP contribution in [0, 0.1) is 0 Å². The predicted molar refractivity (Wildman–Crippen MR) is 69.0 cm³/mol. The molecule has 0 saturated heterocycles. The number of unbranched alkanes of at least 4 members (excludes halogenated alkanes) is 1. The zero-order chi connectivity index (χ0) is 14.0. The predicted octanol–water partition coefficient (Wildman–Crippen LogP) is -0.634. The molecular formula is C12H23N3O3. The van der Waals surface area contributed by atoms with Crippen molar-refractivity contribution < 1.29 is 14.4 Å². The fraction of sp³-hybridized carbons (Fsp3) is 0.750. The molecular weight excluding hydrogens is 234 g/mol. The van der Waals surface area contributed by atoms with Crippen molar-refractivity contribution in [2.24, 2.45) is 5.73 Å². The van der Waals surface area contributed by atoms with Crippen LogP contribution in [0.4, 0.5) is 0 Å². The van der Waals surface area contributed by atoms with Crippen molar-refractivity contribution in [3.63, 3.8) is 0 Å². The van der Waals surface area contributed by atoms with Crippen molar-refractivity contribution in [2.75, 3.05) is 13.6 Å². The van der Waals surface area contributed by atoms with Crippen LogP contribution in [-0.2, 0) is 14.4 Å². The molecule has 18 heavy (non-hydrogen) atoms. The van der Waals surface area contributed by atoms with Crippen LogP contribution in [0.3, 0.4) is 0 Å².